The Morgan fingerprint density at radius 2 is 1.86 bits per heavy atom. The molecule has 0 aliphatic rings. The molecule has 0 saturated carbocycles. The van der Waals surface area contributed by atoms with E-state index in [-0.39, 0.29) is 0 Å². The van der Waals surface area contributed by atoms with Crippen molar-refractivity contribution in [1.29, 1.82) is 0 Å². The molecule has 0 aliphatic heterocycles. The number of aryl methyl sites for hydroxylation is 1. The van der Waals surface area contributed by atoms with Crippen molar-refractivity contribution in [3.8, 4) is 0 Å². The van der Waals surface area contributed by atoms with Gasteiger partial charge < -0.3 is 5.32 Å². The maximum atomic E-state index is 6.05. The number of halogens is 2. The lowest BCUT2D eigenvalue weighted by Crippen LogP contribution is -2.23. The van der Waals surface area contributed by atoms with Gasteiger partial charge in [-0.25, -0.2) is 0 Å². The van der Waals surface area contributed by atoms with E-state index < -0.39 is 0 Å². The molecule has 2 N–H and O–H groups in total. The summed E-state index contributed by atoms with van der Waals surface area (Å²) in [6, 6.07) is 13.2. The third kappa shape index (κ3) is 4.70. The van der Waals surface area contributed by atoms with Crippen LogP contribution in [0.15, 0.2) is 47.6 Å². The van der Waals surface area contributed by atoms with Gasteiger partial charge in [0.05, 0.1) is 16.3 Å². The highest BCUT2D eigenvalue weighted by Gasteiger charge is 2.01. The van der Waals surface area contributed by atoms with Crippen LogP contribution in [0.5, 0.6) is 0 Å². The Kier molecular flexibility index (Phi) is 5.56. The van der Waals surface area contributed by atoms with E-state index in [1.54, 1.807) is 18.3 Å². The van der Waals surface area contributed by atoms with Gasteiger partial charge in [0.25, 0.3) is 0 Å². The van der Waals surface area contributed by atoms with Gasteiger partial charge in [-0.2, -0.15) is 5.10 Å². The Balaban J connectivity index is 1.93. The third-order valence-electron chi connectivity index (χ3n) is 2.66. The van der Waals surface area contributed by atoms with Gasteiger partial charge in [-0.1, -0.05) is 53.0 Å². The van der Waals surface area contributed by atoms with Gasteiger partial charge in [0.2, 0.25) is 0 Å². The Bertz CT molecular complexity index is 669. The number of hydrogen-bond acceptors (Lipinski definition) is 2. The molecular weight excluding hydrogens is 325 g/mol. The predicted molar refractivity (Wildman–Crippen MR) is 94.6 cm³/mol. The molecule has 6 heteroatoms. The smallest absolute Gasteiger partial charge is 0.191 e. The number of benzene rings is 2. The van der Waals surface area contributed by atoms with Gasteiger partial charge in [-0.05, 0) is 37.3 Å². The zero-order valence-electron chi connectivity index (χ0n) is 11.2. The van der Waals surface area contributed by atoms with Crippen molar-refractivity contribution >= 4 is 52.4 Å². The molecule has 0 bridgehead atoms. The number of nitrogens with one attached hydrogen (secondary N) is 2. The van der Waals surface area contributed by atoms with Gasteiger partial charge in [-0.15, -0.1) is 0 Å². The van der Waals surface area contributed by atoms with Crippen LogP contribution in [0.2, 0.25) is 10.0 Å². The summed E-state index contributed by atoms with van der Waals surface area (Å²) in [6.07, 6.45) is 1.57. The molecule has 0 aromatic heterocycles. The second-order valence-corrected chi connectivity index (χ2v) is 5.53. The maximum Gasteiger partial charge on any atom is 0.191 e. The molecule has 2 rings (SSSR count). The first-order chi connectivity index (χ1) is 10.1. The molecule has 108 valence electrons. The molecule has 0 spiro atoms. The summed E-state index contributed by atoms with van der Waals surface area (Å²) < 4.78 is 0. The first-order valence-corrected chi connectivity index (χ1v) is 7.33. The van der Waals surface area contributed by atoms with Crippen LogP contribution in [-0.2, 0) is 0 Å². The van der Waals surface area contributed by atoms with E-state index in [4.69, 9.17) is 35.4 Å². The normalized spacial score (nSPS) is 10.6. The van der Waals surface area contributed by atoms with Crippen LogP contribution in [0.25, 0.3) is 0 Å². The largest absolute Gasteiger partial charge is 0.331 e. The molecule has 0 unspecified atom stereocenters. The standard InChI is InChI=1S/C15H13Cl2N3S/c1-10-5-7-12(8-6-10)19-15(21)20-18-9-11-3-2-4-13(16)14(11)17/h2-9H,1H3,(H2,19,20,21)/b18-9+. The zero-order valence-corrected chi connectivity index (χ0v) is 13.6. The lowest BCUT2D eigenvalue weighted by Gasteiger charge is -2.07. The second kappa shape index (κ2) is 7.41. The minimum atomic E-state index is 0.397. The van der Waals surface area contributed by atoms with Crippen molar-refractivity contribution in [2.75, 3.05) is 5.32 Å². The molecule has 21 heavy (non-hydrogen) atoms. The summed E-state index contributed by atoms with van der Waals surface area (Å²) in [6.45, 7) is 2.03. The number of nitrogens with zero attached hydrogens (tertiary/aromatic N) is 1. The predicted octanol–water partition coefficient (Wildman–Crippen LogP) is 4.62. The summed E-state index contributed by atoms with van der Waals surface area (Å²) in [5, 5.41) is 8.41. The molecule has 3 nitrogen and oxygen atoms in total. The number of rotatable bonds is 3. The highest BCUT2D eigenvalue weighted by molar-refractivity contribution is 7.80. The van der Waals surface area contributed by atoms with Crippen LogP contribution in [0, 0.1) is 6.92 Å². The highest BCUT2D eigenvalue weighted by atomic mass is 35.5. The molecule has 0 amide bonds. The molecule has 0 radical (unpaired) electrons. The van der Waals surface area contributed by atoms with Crippen molar-refractivity contribution in [1.82, 2.24) is 5.43 Å². The molecular formula is C15H13Cl2N3S. The number of hydrazone groups is 1. The number of hydrogen-bond donors (Lipinski definition) is 2. The maximum absolute atomic E-state index is 6.05. The summed E-state index contributed by atoms with van der Waals surface area (Å²) >= 11 is 17.1. The number of anilines is 1. The van der Waals surface area contributed by atoms with Gasteiger partial charge >= 0.3 is 0 Å². The first kappa shape index (κ1) is 15.8. The quantitative estimate of drug-likeness (QED) is 0.487. The molecule has 0 heterocycles. The molecule has 0 saturated heterocycles. The summed E-state index contributed by atoms with van der Waals surface area (Å²) in [5.41, 5.74) is 5.53. The fraction of sp³-hybridized carbons (Fsp3) is 0.0667. The van der Waals surface area contributed by atoms with E-state index in [9.17, 15) is 0 Å². The summed E-state index contributed by atoms with van der Waals surface area (Å²) in [4.78, 5) is 0. The fourth-order valence-corrected chi connectivity index (χ4v) is 2.10. The van der Waals surface area contributed by atoms with Crippen molar-refractivity contribution in [3.05, 3.63) is 63.6 Å². The average molecular weight is 338 g/mol. The fourth-order valence-electron chi connectivity index (χ4n) is 1.58. The van der Waals surface area contributed by atoms with Crippen LogP contribution in [0.3, 0.4) is 0 Å². The van der Waals surface area contributed by atoms with E-state index in [2.05, 4.69) is 15.8 Å². The van der Waals surface area contributed by atoms with Gasteiger partial charge in [0.1, 0.15) is 0 Å². The Labute approximate surface area is 139 Å². The lowest BCUT2D eigenvalue weighted by molar-refractivity contribution is 1.05. The molecule has 0 atom stereocenters. The SMILES string of the molecule is Cc1ccc(NC(=S)N/N=C/c2cccc(Cl)c2Cl)cc1. The Morgan fingerprint density at radius 1 is 1.14 bits per heavy atom. The molecule has 2 aromatic carbocycles. The van der Waals surface area contributed by atoms with E-state index in [0.29, 0.717) is 15.2 Å². The first-order valence-electron chi connectivity index (χ1n) is 6.17. The zero-order chi connectivity index (χ0) is 15.2. The van der Waals surface area contributed by atoms with Crippen molar-refractivity contribution in [2.24, 2.45) is 5.10 Å². The molecule has 0 fully saturated rings. The average Bonchev–Trinajstić information content (AvgIpc) is 2.46. The minimum Gasteiger partial charge on any atom is -0.331 e. The topological polar surface area (TPSA) is 36.4 Å². The monoisotopic (exact) mass is 337 g/mol. The second-order valence-electron chi connectivity index (χ2n) is 4.33. The van der Waals surface area contributed by atoms with E-state index in [0.717, 1.165) is 11.3 Å². The number of thiocarbonyl (C=S) groups is 1. The van der Waals surface area contributed by atoms with Gasteiger partial charge in [-0.3, -0.25) is 5.43 Å². The van der Waals surface area contributed by atoms with Crippen molar-refractivity contribution < 1.29 is 0 Å². The Morgan fingerprint density at radius 3 is 2.57 bits per heavy atom. The van der Waals surface area contributed by atoms with Crippen LogP contribution in [-0.4, -0.2) is 11.3 Å². The Hall–Kier alpha value is -1.62. The van der Waals surface area contributed by atoms with Gasteiger partial charge in [0, 0.05) is 11.3 Å². The summed E-state index contributed by atoms with van der Waals surface area (Å²) in [7, 11) is 0. The molecule has 2 aromatic rings. The van der Waals surface area contributed by atoms with Crippen LogP contribution in [0.4, 0.5) is 5.69 Å². The van der Waals surface area contributed by atoms with Crippen LogP contribution in [0.1, 0.15) is 11.1 Å². The third-order valence-corrected chi connectivity index (χ3v) is 3.69. The van der Waals surface area contributed by atoms with Crippen LogP contribution >= 0.6 is 35.4 Å². The molecule has 0 aliphatic carbocycles. The van der Waals surface area contributed by atoms with Crippen molar-refractivity contribution in [2.45, 2.75) is 6.92 Å². The van der Waals surface area contributed by atoms with E-state index >= 15 is 0 Å². The summed E-state index contributed by atoms with van der Waals surface area (Å²) in [5.74, 6) is 0. The van der Waals surface area contributed by atoms with Crippen LogP contribution < -0.4 is 10.7 Å². The lowest BCUT2D eigenvalue weighted by atomic mass is 10.2. The van der Waals surface area contributed by atoms with Gasteiger partial charge in [0.15, 0.2) is 5.11 Å². The highest BCUT2D eigenvalue weighted by Crippen LogP contribution is 2.24. The minimum absolute atomic E-state index is 0.397. The van der Waals surface area contributed by atoms with E-state index in [1.807, 2.05) is 37.3 Å². The van der Waals surface area contributed by atoms with E-state index in [1.165, 1.54) is 5.56 Å². The van der Waals surface area contributed by atoms with Crippen molar-refractivity contribution in [3.63, 3.8) is 0 Å².